The van der Waals surface area contributed by atoms with Gasteiger partial charge < -0.3 is 5.32 Å². The van der Waals surface area contributed by atoms with E-state index in [0.717, 1.165) is 10.6 Å². The number of hydrogen-bond acceptors (Lipinski definition) is 5. The SMILES string of the molecule is C[C@@H](C(=O)Nc1ccc(S(=O)(=O)Nc2ccc(Cl)cc2)cc1)N(c1ccc(Cl)cc1)S(C)(=O)=O. The normalized spacial score (nSPS) is 12.6. The van der Waals surface area contributed by atoms with E-state index >= 15 is 0 Å². The van der Waals surface area contributed by atoms with Crippen LogP contribution in [0.3, 0.4) is 0 Å². The van der Waals surface area contributed by atoms with E-state index in [1.807, 2.05) is 0 Å². The van der Waals surface area contributed by atoms with Crippen molar-refractivity contribution in [2.45, 2.75) is 17.9 Å². The quantitative estimate of drug-likeness (QED) is 0.433. The number of rotatable bonds is 8. The molecule has 3 aromatic rings. The Morgan fingerprint density at radius 1 is 0.794 bits per heavy atom. The van der Waals surface area contributed by atoms with E-state index in [1.165, 1.54) is 67.6 Å². The molecule has 0 saturated heterocycles. The zero-order chi connectivity index (χ0) is 25.1. The van der Waals surface area contributed by atoms with E-state index in [-0.39, 0.29) is 10.6 Å². The third-order valence-corrected chi connectivity index (χ3v) is 7.84. The fourth-order valence-electron chi connectivity index (χ4n) is 3.09. The molecule has 0 aliphatic rings. The van der Waals surface area contributed by atoms with E-state index < -0.39 is 32.0 Å². The van der Waals surface area contributed by atoms with Crippen LogP contribution in [0.15, 0.2) is 77.7 Å². The molecule has 0 radical (unpaired) electrons. The van der Waals surface area contributed by atoms with Gasteiger partial charge in [0.25, 0.3) is 10.0 Å². The molecule has 0 aromatic heterocycles. The number of carbonyl (C=O) groups is 1. The summed E-state index contributed by atoms with van der Waals surface area (Å²) >= 11 is 11.7. The van der Waals surface area contributed by atoms with Gasteiger partial charge in [0.05, 0.1) is 16.8 Å². The van der Waals surface area contributed by atoms with Crippen LogP contribution in [0, 0.1) is 0 Å². The molecule has 0 unspecified atom stereocenters. The first-order valence-corrected chi connectivity index (χ1v) is 13.9. The molecule has 1 amide bonds. The largest absolute Gasteiger partial charge is 0.324 e. The number of nitrogens with one attached hydrogen (secondary N) is 2. The van der Waals surface area contributed by atoms with Crippen LogP contribution in [-0.4, -0.2) is 35.0 Å². The molecule has 3 rings (SSSR count). The first-order chi connectivity index (χ1) is 15.9. The van der Waals surface area contributed by atoms with Gasteiger partial charge in [0.1, 0.15) is 6.04 Å². The molecule has 0 spiro atoms. The van der Waals surface area contributed by atoms with Gasteiger partial charge in [-0.3, -0.25) is 13.8 Å². The van der Waals surface area contributed by atoms with Gasteiger partial charge >= 0.3 is 0 Å². The predicted molar refractivity (Wildman–Crippen MR) is 136 cm³/mol. The number of anilines is 3. The second kappa shape index (κ2) is 10.2. The lowest BCUT2D eigenvalue weighted by molar-refractivity contribution is -0.116. The van der Waals surface area contributed by atoms with E-state index in [2.05, 4.69) is 10.0 Å². The molecule has 0 aliphatic carbocycles. The van der Waals surface area contributed by atoms with Gasteiger partial charge in [-0.15, -0.1) is 0 Å². The maximum atomic E-state index is 12.8. The molecule has 8 nitrogen and oxygen atoms in total. The fraction of sp³-hybridized carbons (Fsp3) is 0.136. The van der Waals surface area contributed by atoms with Crippen LogP contribution in [0.1, 0.15) is 6.92 Å². The molecule has 2 N–H and O–H groups in total. The fourth-order valence-corrected chi connectivity index (χ4v) is 5.58. The van der Waals surface area contributed by atoms with Crippen molar-refractivity contribution >= 4 is 66.2 Å². The van der Waals surface area contributed by atoms with Gasteiger partial charge in [-0.2, -0.15) is 0 Å². The lowest BCUT2D eigenvalue weighted by Crippen LogP contribution is -2.45. The van der Waals surface area contributed by atoms with Gasteiger partial charge in [-0.25, -0.2) is 16.8 Å². The Balaban J connectivity index is 1.75. The Labute approximate surface area is 208 Å². The van der Waals surface area contributed by atoms with Gasteiger partial charge in [0.2, 0.25) is 15.9 Å². The molecule has 0 heterocycles. The predicted octanol–water partition coefficient (Wildman–Crippen LogP) is 4.59. The molecule has 1 atom stereocenters. The number of hydrogen-bond donors (Lipinski definition) is 2. The second-order valence-corrected chi connectivity index (χ2v) is 11.8. The van der Waals surface area contributed by atoms with Crippen LogP contribution in [0.4, 0.5) is 17.1 Å². The van der Waals surface area contributed by atoms with Crippen LogP contribution in [0.25, 0.3) is 0 Å². The van der Waals surface area contributed by atoms with Crippen molar-refractivity contribution in [3.63, 3.8) is 0 Å². The number of carbonyl (C=O) groups excluding carboxylic acids is 1. The molecule has 0 fully saturated rings. The van der Waals surface area contributed by atoms with Crippen molar-refractivity contribution in [3.8, 4) is 0 Å². The average molecular weight is 542 g/mol. The molecular weight excluding hydrogens is 521 g/mol. The lowest BCUT2D eigenvalue weighted by atomic mass is 10.2. The van der Waals surface area contributed by atoms with Gasteiger partial charge in [0, 0.05) is 21.4 Å². The summed E-state index contributed by atoms with van der Waals surface area (Å²) in [7, 11) is -7.66. The summed E-state index contributed by atoms with van der Waals surface area (Å²) in [6, 6.07) is 16.6. The van der Waals surface area contributed by atoms with E-state index in [1.54, 1.807) is 12.1 Å². The standard InChI is InChI=1S/C22H21Cl2N3O5S2/c1-15(27(33(2,29)30)20-11-5-17(24)6-12-20)22(28)25-18-9-13-21(14-10-18)34(31,32)26-19-7-3-16(23)4-8-19/h3-15,26H,1-2H3,(H,25,28)/t15-/m0/s1. The third kappa shape index (κ3) is 6.41. The first kappa shape index (κ1) is 25.8. The number of sulfonamides is 2. The maximum absolute atomic E-state index is 12.8. The minimum Gasteiger partial charge on any atom is -0.324 e. The highest BCUT2D eigenvalue weighted by molar-refractivity contribution is 7.92. The summed E-state index contributed by atoms with van der Waals surface area (Å²) in [6.45, 7) is 1.44. The van der Waals surface area contributed by atoms with Gasteiger partial charge in [-0.05, 0) is 79.7 Å². The summed E-state index contributed by atoms with van der Waals surface area (Å²) in [5, 5.41) is 3.51. The molecule has 0 bridgehead atoms. The topological polar surface area (TPSA) is 113 Å². The van der Waals surface area contributed by atoms with Crippen LogP contribution < -0.4 is 14.3 Å². The maximum Gasteiger partial charge on any atom is 0.261 e. The Morgan fingerprint density at radius 3 is 1.76 bits per heavy atom. The highest BCUT2D eigenvalue weighted by Gasteiger charge is 2.29. The van der Waals surface area contributed by atoms with Crippen molar-refractivity contribution < 1.29 is 21.6 Å². The zero-order valence-corrected chi connectivity index (χ0v) is 21.2. The van der Waals surface area contributed by atoms with Crippen molar-refractivity contribution in [1.29, 1.82) is 0 Å². The Kier molecular flexibility index (Phi) is 7.77. The van der Waals surface area contributed by atoms with Gasteiger partial charge in [0.15, 0.2) is 0 Å². The monoisotopic (exact) mass is 541 g/mol. The number of benzene rings is 3. The smallest absolute Gasteiger partial charge is 0.261 e. The summed E-state index contributed by atoms with van der Waals surface area (Å²) in [4.78, 5) is 12.8. The first-order valence-electron chi connectivity index (χ1n) is 9.81. The third-order valence-electron chi connectivity index (χ3n) is 4.70. The number of halogens is 2. The molecule has 0 saturated carbocycles. The second-order valence-electron chi connectivity index (χ2n) is 7.34. The molecule has 3 aromatic carbocycles. The van der Waals surface area contributed by atoms with Crippen LogP contribution >= 0.6 is 23.2 Å². The van der Waals surface area contributed by atoms with E-state index in [4.69, 9.17) is 23.2 Å². The summed E-state index contributed by atoms with van der Waals surface area (Å²) < 4.78 is 53.3. The zero-order valence-electron chi connectivity index (χ0n) is 18.1. The number of nitrogens with zero attached hydrogens (tertiary/aromatic N) is 1. The molecule has 34 heavy (non-hydrogen) atoms. The van der Waals surface area contributed by atoms with E-state index in [9.17, 15) is 21.6 Å². The van der Waals surface area contributed by atoms with Crippen molar-refractivity contribution in [2.75, 3.05) is 20.6 Å². The number of amides is 1. The van der Waals surface area contributed by atoms with Crippen LogP contribution in [0.2, 0.25) is 10.0 Å². The molecule has 0 aliphatic heterocycles. The van der Waals surface area contributed by atoms with Crippen molar-refractivity contribution in [2.24, 2.45) is 0 Å². The highest BCUT2D eigenvalue weighted by Crippen LogP contribution is 2.24. The van der Waals surface area contributed by atoms with Crippen LogP contribution in [-0.2, 0) is 24.8 Å². The highest BCUT2D eigenvalue weighted by atomic mass is 35.5. The lowest BCUT2D eigenvalue weighted by Gasteiger charge is -2.28. The summed E-state index contributed by atoms with van der Waals surface area (Å²) in [5.74, 6) is -0.602. The summed E-state index contributed by atoms with van der Waals surface area (Å²) in [6.07, 6.45) is 0.999. The van der Waals surface area contributed by atoms with E-state index in [0.29, 0.717) is 21.4 Å². The van der Waals surface area contributed by atoms with Crippen LogP contribution in [0.5, 0.6) is 0 Å². The molecular formula is C22H21Cl2N3O5S2. The molecule has 180 valence electrons. The molecule has 12 heteroatoms. The Morgan fingerprint density at radius 2 is 1.26 bits per heavy atom. The Bertz CT molecular complexity index is 1380. The minimum atomic E-state index is -3.86. The Hall–Kier alpha value is -2.79. The van der Waals surface area contributed by atoms with Gasteiger partial charge in [-0.1, -0.05) is 23.2 Å². The summed E-state index contributed by atoms with van der Waals surface area (Å²) in [5.41, 5.74) is 0.926. The minimum absolute atomic E-state index is 0.0209. The van der Waals surface area contributed by atoms with Crippen molar-refractivity contribution in [1.82, 2.24) is 0 Å². The average Bonchev–Trinajstić information content (AvgIpc) is 2.76. The van der Waals surface area contributed by atoms with Crippen molar-refractivity contribution in [3.05, 3.63) is 82.8 Å².